The molecule has 1 saturated heterocycles. The van der Waals surface area contributed by atoms with E-state index in [1.807, 2.05) is 27.7 Å². The molecule has 1 aliphatic heterocycles. The van der Waals surface area contributed by atoms with Crippen molar-refractivity contribution in [2.45, 2.75) is 57.9 Å². The molecular weight excluding hydrogens is 492 g/mol. The van der Waals surface area contributed by atoms with Crippen molar-refractivity contribution in [1.82, 2.24) is 14.5 Å². The Morgan fingerprint density at radius 2 is 1.85 bits per heavy atom. The number of hydrogen-bond acceptors (Lipinski definition) is 5. The molecule has 1 aliphatic carbocycles. The number of aromatic nitrogens is 2. The number of imidazole rings is 1. The van der Waals surface area contributed by atoms with Gasteiger partial charge < -0.3 is 14.4 Å². The number of nitriles is 1. The topological polar surface area (TPSA) is 111 Å². The van der Waals surface area contributed by atoms with Crippen molar-refractivity contribution < 1.29 is 14.4 Å². The average Bonchev–Trinajstić information content (AvgIpc) is 3.59. The molecule has 2 aliphatic rings. The van der Waals surface area contributed by atoms with Crippen molar-refractivity contribution in [3.8, 4) is 6.07 Å². The van der Waals surface area contributed by atoms with Crippen LogP contribution in [0.15, 0.2) is 42.5 Å². The Morgan fingerprint density at radius 3 is 2.56 bits per heavy atom. The predicted molar refractivity (Wildman–Crippen MR) is 149 cm³/mol. The molecule has 2 fully saturated rings. The van der Waals surface area contributed by atoms with Crippen LogP contribution >= 0.6 is 0 Å². The fourth-order valence-electron chi connectivity index (χ4n) is 5.58. The van der Waals surface area contributed by atoms with Crippen LogP contribution in [-0.2, 0) is 16.1 Å². The monoisotopic (exact) mass is 526 g/mol. The van der Waals surface area contributed by atoms with Gasteiger partial charge in [0.1, 0.15) is 0 Å². The minimum atomic E-state index is -0.339. The van der Waals surface area contributed by atoms with Gasteiger partial charge in [-0.15, -0.1) is 0 Å². The van der Waals surface area contributed by atoms with Crippen molar-refractivity contribution in [2.24, 2.45) is 5.92 Å². The molecule has 0 atom stereocenters. The first kappa shape index (κ1) is 26.4. The Labute approximate surface area is 228 Å². The molecule has 3 amide bonds. The van der Waals surface area contributed by atoms with E-state index < -0.39 is 0 Å². The van der Waals surface area contributed by atoms with E-state index in [0.29, 0.717) is 54.4 Å². The molecule has 2 aromatic carbocycles. The number of nitrogens with zero attached hydrogens (tertiary/aromatic N) is 5. The summed E-state index contributed by atoms with van der Waals surface area (Å²) in [7, 11) is 1.80. The molecule has 2 heterocycles. The van der Waals surface area contributed by atoms with Crippen molar-refractivity contribution >= 4 is 40.4 Å². The van der Waals surface area contributed by atoms with Gasteiger partial charge in [0.25, 0.3) is 5.91 Å². The van der Waals surface area contributed by atoms with Crippen LogP contribution in [0.3, 0.4) is 0 Å². The molecule has 202 valence electrons. The average molecular weight is 527 g/mol. The number of fused-ring (bicyclic) bond motifs is 1. The zero-order valence-electron chi connectivity index (χ0n) is 22.4. The molecule has 0 radical (unpaired) electrons. The summed E-state index contributed by atoms with van der Waals surface area (Å²) in [6, 6.07) is 14.2. The first-order valence-electron chi connectivity index (χ1n) is 13.8. The lowest BCUT2D eigenvalue weighted by molar-refractivity contribution is -0.133. The van der Waals surface area contributed by atoms with Gasteiger partial charge in [0.15, 0.2) is 0 Å². The van der Waals surface area contributed by atoms with Crippen LogP contribution < -0.4 is 10.2 Å². The standard InChI is InChI=1S/C30H34N6O3/c1-34(28(38)18-21-6-2-3-7-21)24-13-14-26-25(19-24)32-30(33-29(39)23-11-9-22(20-31)10-12-23)36(26)17-16-35-15-5-4-8-27(35)37/h9-14,19,21H,2-8,15-18H2,1H3,(H,32,33,39). The third-order valence-corrected chi connectivity index (χ3v) is 7.95. The molecule has 3 aromatic rings. The largest absolute Gasteiger partial charge is 0.341 e. The highest BCUT2D eigenvalue weighted by atomic mass is 16.2. The van der Waals surface area contributed by atoms with E-state index in [1.54, 1.807) is 36.2 Å². The van der Waals surface area contributed by atoms with Crippen LogP contribution in [-0.4, -0.2) is 52.3 Å². The molecule has 1 saturated carbocycles. The van der Waals surface area contributed by atoms with Crippen LogP contribution in [0, 0.1) is 17.2 Å². The van der Waals surface area contributed by atoms with Gasteiger partial charge in [0.05, 0.1) is 22.7 Å². The van der Waals surface area contributed by atoms with Gasteiger partial charge in [-0.3, -0.25) is 19.7 Å². The Hall–Kier alpha value is -4.19. The number of nitrogens with one attached hydrogen (secondary N) is 1. The summed E-state index contributed by atoms with van der Waals surface area (Å²) in [5.74, 6) is 0.747. The molecular formula is C30H34N6O3. The van der Waals surface area contributed by atoms with Crippen LogP contribution in [0.25, 0.3) is 11.0 Å². The van der Waals surface area contributed by atoms with Crippen LogP contribution in [0.1, 0.15) is 67.3 Å². The van der Waals surface area contributed by atoms with Gasteiger partial charge in [-0.2, -0.15) is 5.26 Å². The van der Waals surface area contributed by atoms with Crippen molar-refractivity contribution in [1.29, 1.82) is 5.26 Å². The maximum Gasteiger partial charge on any atom is 0.257 e. The molecule has 9 nitrogen and oxygen atoms in total. The summed E-state index contributed by atoms with van der Waals surface area (Å²) < 4.78 is 1.92. The summed E-state index contributed by atoms with van der Waals surface area (Å²) >= 11 is 0. The number of amides is 3. The predicted octanol–water partition coefficient (Wildman–Crippen LogP) is 4.72. The Balaban J connectivity index is 1.41. The number of anilines is 2. The summed E-state index contributed by atoms with van der Waals surface area (Å²) in [6.45, 7) is 1.73. The number of carbonyl (C=O) groups is 3. The Morgan fingerprint density at radius 1 is 1.08 bits per heavy atom. The smallest absolute Gasteiger partial charge is 0.257 e. The fourth-order valence-corrected chi connectivity index (χ4v) is 5.58. The normalized spacial score (nSPS) is 15.9. The second-order valence-corrected chi connectivity index (χ2v) is 10.5. The molecule has 5 rings (SSSR count). The third-order valence-electron chi connectivity index (χ3n) is 7.95. The summed E-state index contributed by atoms with van der Waals surface area (Å²) in [6.07, 6.45) is 7.66. The number of benzene rings is 2. The van der Waals surface area contributed by atoms with Crippen molar-refractivity contribution in [3.63, 3.8) is 0 Å². The van der Waals surface area contributed by atoms with E-state index in [-0.39, 0.29) is 17.7 Å². The summed E-state index contributed by atoms with van der Waals surface area (Å²) in [5, 5.41) is 12.0. The van der Waals surface area contributed by atoms with Gasteiger partial charge in [0, 0.05) is 50.8 Å². The lowest BCUT2D eigenvalue weighted by Gasteiger charge is -2.27. The van der Waals surface area contributed by atoms with Crippen LogP contribution in [0.2, 0.25) is 0 Å². The molecule has 39 heavy (non-hydrogen) atoms. The molecule has 1 N–H and O–H groups in total. The lowest BCUT2D eigenvalue weighted by Crippen LogP contribution is -2.37. The Kier molecular flexibility index (Phi) is 7.92. The maximum atomic E-state index is 13.1. The number of likely N-dealkylation sites (tertiary alicyclic amines) is 1. The minimum absolute atomic E-state index is 0.0960. The second-order valence-electron chi connectivity index (χ2n) is 10.5. The van der Waals surface area contributed by atoms with E-state index in [2.05, 4.69) is 11.4 Å². The van der Waals surface area contributed by atoms with Crippen LogP contribution in [0.5, 0.6) is 0 Å². The lowest BCUT2D eigenvalue weighted by atomic mass is 10.0. The molecule has 0 spiro atoms. The second kappa shape index (κ2) is 11.7. The molecule has 1 aromatic heterocycles. The van der Waals surface area contributed by atoms with Gasteiger partial charge >= 0.3 is 0 Å². The number of carbonyl (C=O) groups excluding carboxylic acids is 3. The fraction of sp³-hybridized carbons (Fsp3) is 0.433. The Bertz CT molecular complexity index is 1410. The van der Waals surface area contributed by atoms with Gasteiger partial charge in [-0.25, -0.2) is 4.98 Å². The van der Waals surface area contributed by atoms with E-state index in [1.165, 1.54) is 12.8 Å². The molecule has 0 bridgehead atoms. The van der Waals surface area contributed by atoms with Gasteiger partial charge in [-0.1, -0.05) is 12.8 Å². The van der Waals surface area contributed by atoms with Crippen LogP contribution in [0.4, 0.5) is 11.6 Å². The zero-order valence-corrected chi connectivity index (χ0v) is 22.4. The van der Waals surface area contributed by atoms with Gasteiger partial charge in [-0.05, 0) is 74.1 Å². The molecule has 0 unspecified atom stereocenters. The molecule has 9 heteroatoms. The van der Waals surface area contributed by atoms with Gasteiger partial charge in [0.2, 0.25) is 17.8 Å². The number of hydrogen-bond donors (Lipinski definition) is 1. The first-order valence-corrected chi connectivity index (χ1v) is 13.8. The third kappa shape index (κ3) is 5.95. The number of rotatable bonds is 8. The van der Waals surface area contributed by atoms with E-state index in [4.69, 9.17) is 10.2 Å². The van der Waals surface area contributed by atoms with E-state index in [0.717, 1.165) is 43.4 Å². The SMILES string of the molecule is CN(C(=O)CC1CCCC1)c1ccc2c(c1)nc(NC(=O)c1ccc(C#N)cc1)n2CCN1CCCCC1=O. The van der Waals surface area contributed by atoms with E-state index >= 15 is 0 Å². The van der Waals surface area contributed by atoms with Crippen molar-refractivity contribution in [3.05, 3.63) is 53.6 Å². The zero-order chi connectivity index (χ0) is 27.4. The quantitative estimate of drug-likeness (QED) is 0.457. The highest BCUT2D eigenvalue weighted by Gasteiger charge is 2.23. The maximum absolute atomic E-state index is 13.1. The summed E-state index contributed by atoms with van der Waals surface area (Å²) in [4.78, 5) is 46.7. The first-order chi connectivity index (χ1) is 18.9. The van der Waals surface area contributed by atoms with E-state index in [9.17, 15) is 14.4 Å². The van der Waals surface area contributed by atoms with Crippen molar-refractivity contribution in [2.75, 3.05) is 30.4 Å². The highest BCUT2D eigenvalue weighted by molar-refractivity contribution is 6.04. The number of piperidine rings is 1. The minimum Gasteiger partial charge on any atom is -0.341 e. The summed E-state index contributed by atoms with van der Waals surface area (Å²) in [5.41, 5.74) is 3.12. The highest BCUT2D eigenvalue weighted by Crippen LogP contribution is 2.30.